The predicted molar refractivity (Wildman–Crippen MR) is 117 cm³/mol. The molecule has 1 heterocycles. The summed E-state index contributed by atoms with van der Waals surface area (Å²) in [7, 11) is -3.87. The van der Waals surface area contributed by atoms with Gasteiger partial charge < -0.3 is 5.11 Å². The number of aromatic nitrogens is 2. The molecule has 0 radical (unpaired) electrons. The Kier molecular flexibility index (Phi) is 6.70. The summed E-state index contributed by atoms with van der Waals surface area (Å²) in [4.78, 5) is 29.0. The molecule has 0 unspecified atom stereocenters. The molecule has 32 heavy (non-hydrogen) atoms. The van der Waals surface area contributed by atoms with Crippen molar-refractivity contribution < 1.29 is 23.5 Å². The highest BCUT2D eigenvalue weighted by molar-refractivity contribution is 7.92. The van der Waals surface area contributed by atoms with Crippen molar-refractivity contribution in [2.75, 3.05) is 12.9 Å². The van der Waals surface area contributed by atoms with E-state index in [0.717, 1.165) is 12.7 Å². The molecule has 1 aliphatic carbocycles. The zero-order valence-corrected chi connectivity index (χ0v) is 18.4. The second kappa shape index (κ2) is 9.13. The van der Waals surface area contributed by atoms with E-state index in [9.17, 15) is 18.0 Å². The van der Waals surface area contributed by atoms with Gasteiger partial charge in [-0.15, -0.1) is 0 Å². The highest BCUT2D eigenvalue weighted by atomic mass is 32.2. The number of sulfone groups is 1. The maximum atomic E-state index is 12.8. The fraction of sp³-hybridized carbons (Fsp3) is 0.409. The van der Waals surface area contributed by atoms with Crippen molar-refractivity contribution in [1.82, 2.24) is 15.0 Å². The summed E-state index contributed by atoms with van der Waals surface area (Å²) < 4.78 is 23.5. The standard InChI is InChI=1S/C22H23N3O6S/c1-22(21(28)24-29,32(2,30)31)9-10-25-14-23-19-11-15(7-8-18(19)20(25)27)5-3-4-6-16-12-17(16)13-26/h7-8,11,14,16-17,26,29H,9-10,12-13H2,1-2H3,(H,24,28)/t16-,17+,22+/m0/s1. The van der Waals surface area contributed by atoms with Gasteiger partial charge in [-0.2, -0.15) is 0 Å². The second-order valence-corrected chi connectivity index (χ2v) is 10.4. The van der Waals surface area contributed by atoms with Crippen LogP contribution in [0.25, 0.3) is 10.9 Å². The van der Waals surface area contributed by atoms with Crippen LogP contribution in [0.15, 0.2) is 29.3 Å². The predicted octanol–water partition coefficient (Wildman–Crippen LogP) is 0.0786. The lowest BCUT2D eigenvalue weighted by Gasteiger charge is -2.25. The Labute approximate surface area is 185 Å². The van der Waals surface area contributed by atoms with Crippen molar-refractivity contribution in [2.24, 2.45) is 11.8 Å². The third-order valence-corrected chi connectivity index (χ3v) is 7.77. The van der Waals surface area contributed by atoms with Gasteiger partial charge in [0.1, 0.15) is 0 Å². The summed E-state index contributed by atoms with van der Waals surface area (Å²) in [5.41, 5.74) is 2.05. The summed E-state index contributed by atoms with van der Waals surface area (Å²) in [6.45, 7) is 1.24. The smallest absolute Gasteiger partial charge is 0.264 e. The van der Waals surface area contributed by atoms with Crippen LogP contribution >= 0.6 is 0 Å². The van der Waals surface area contributed by atoms with E-state index in [4.69, 9.17) is 10.3 Å². The van der Waals surface area contributed by atoms with E-state index in [0.29, 0.717) is 16.5 Å². The number of nitrogens with one attached hydrogen (secondary N) is 1. The number of aryl methyl sites for hydroxylation is 1. The van der Waals surface area contributed by atoms with Crippen molar-refractivity contribution in [3.05, 3.63) is 40.4 Å². The molecule has 2 aromatic rings. The highest BCUT2D eigenvalue weighted by Gasteiger charge is 2.43. The summed E-state index contributed by atoms with van der Waals surface area (Å²) in [5.74, 6) is 10.8. The van der Waals surface area contributed by atoms with E-state index >= 15 is 0 Å². The monoisotopic (exact) mass is 457 g/mol. The lowest BCUT2D eigenvalue weighted by molar-refractivity contribution is -0.131. The largest absolute Gasteiger partial charge is 0.396 e. The van der Waals surface area contributed by atoms with Gasteiger partial charge in [0, 0.05) is 30.9 Å². The number of amides is 1. The molecule has 1 aromatic carbocycles. The molecule has 3 N–H and O–H groups in total. The fourth-order valence-corrected chi connectivity index (χ4v) is 4.02. The first-order valence-electron chi connectivity index (χ1n) is 9.86. The molecule has 10 heteroatoms. The first-order chi connectivity index (χ1) is 15.1. The molecular formula is C22H23N3O6S. The number of carbonyl (C=O) groups excluding carboxylic acids is 1. The molecule has 3 atom stereocenters. The van der Waals surface area contributed by atoms with Crippen LogP contribution in [0.5, 0.6) is 0 Å². The molecule has 0 bridgehead atoms. The van der Waals surface area contributed by atoms with Crippen LogP contribution in [0, 0.1) is 35.5 Å². The van der Waals surface area contributed by atoms with E-state index in [2.05, 4.69) is 28.7 Å². The zero-order chi connectivity index (χ0) is 23.5. The van der Waals surface area contributed by atoms with E-state index in [1.54, 1.807) is 18.2 Å². The van der Waals surface area contributed by atoms with Gasteiger partial charge in [-0.1, -0.05) is 11.8 Å². The molecule has 1 amide bonds. The van der Waals surface area contributed by atoms with Gasteiger partial charge in [0.05, 0.1) is 17.2 Å². The number of aliphatic hydroxyl groups excluding tert-OH is 1. The van der Waals surface area contributed by atoms with Gasteiger partial charge in [-0.3, -0.25) is 19.4 Å². The van der Waals surface area contributed by atoms with Crippen LogP contribution in [0.3, 0.4) is 0 Å². The number of aliphatic hydroxyl groups is 1. The maximum Gasteiger partial charge on any atom is 0.264 e. The van der Waals surface area contributed by atoms with Gasteiger partial charge >= 0.3 is 0 Å². The average Bonchev–Trinajstić information content (AvgIpc) is 3.53. The number of rotatable bonds is 6. The Morgan fingerprint density at radius 3 is 2.75 bits per heavy atom. The maximum absolute atomic E-state index is 12.8. The minimum absolute atomic E-state index is 0.0914. The Hall–Kier alpha value is -3.18. The third kappa shape index (κ3) is 4.83. The summed E-state index contributed by atoms with van der Waals surface area (Å²) >= 11 is 0. The van der Waals surface area contributed by atoms with Crippen molar-refractivity contribution in [2.45, 2.75) is 31.1 Å². The van der Waals surface area contributed by atoms with Crippen LogP contribution in [0.2, 0.25) is 0 Å². The van der Waals surface area contributed by atoms with E-state index in [-0.39, 0.29) is 31.4 Å². The molecule has 168 valence electrons. The van der Waals surface area contributed by atoms with Crippen molar-refractivity contribution in [3.63, 3.8) is 0 Å². The number of fused-ring (bicyclic) bond motifs is 1. The second-order valence-electron chi connectivity index (χ2n) is 7.97. The minimum atomic E-state index is -3.87. The zero-order valence-electron chi connectivity index (χ0n) is 17.6. The van der Waals surface area contributed by atoms with Crippen molar-refractivity contribution in [1.29, 1.82) is 0 Å². The Morgan fingerprint density at radius 2 is 2.12 bits per heavy atom. The number of nitrogens with zero attached hydrogens (tertiary/aromatic N) is 2. The van der Waals surface area contributed by atoms with E-state index in [1.807, 2.05) is 0 Å². The molecule has 1 fully saturated rings. The number of hydrogen-bond acceptors (Lipinski definition) is 7. The Balaban J connectivity index is 1.80. The molecular weight excluding hydrogens is 434 g/mol. The Bertz CT molecular complexity index is 1340. The average molecular weight is 458 g/mol. The SMILES string of the molecule is C[C@@](CCn1cnc2cc(C#CC#C[C@H]3C[C@@H]3CO)ccc2c1=O)(C(=O)NO)S(C)(=O)=O. The molecule has 3 rings (SSSR count). The lowest BCUT2D eigenvalue weighted by atomic mass is 10.1. The highest BCUT2D eigenvalue weighted by Crippen LogP contribution is 2.36. The van der Waals surface area contributed by atoms with Crippen LogP contribution in [0.1, 0.15) is 25.3 Å². The van der Waals surface area contributed by atoms with Crippen LogP contribution < -0.4 is 11.0 Å². The van der Waals surface area contributed by atoms with Crippen molar-refractivity contribution in [3.8, 4) is 23.7 Å². The van der Waals surface area contributed by atoms with E-state index < -0.39 is 26.1 Å². The molecule has 9 nitrogen and oxygen atoms in total. The van der Waals surface area contributed by atoms with Gasteiger partial charge in [0.2, 0.25) is 0 Å². The fourth-order valence-electron chi connectivity index (χ4n) is 3.17. The first-order valence-corrected chi connectivity index (χ1v) is 11.8. The number of hydrogen-bond donors (Lipinski definition) is 3. The number of hydroxylamine groups is 1. The van der Waals surface area contributed by atoms with Crippen LogP contribution in [-0.2, 0) is 21.2 Å². The normalized spacial score (nSPS) is 19.1. The molecule has 0 saturated heterocycles. The molecule has 1 aliphatic rings. The van der Waals surface area contributed by atoms with Crippen LogP contribution in [-0.4, -0.2) is 51.8 Å². The summed E-state index contributed by atoms with van der Waals surface area (Å²) in [5, 5.41) is 18.2. The van der Waals surface area contributed by atoms with Gasteiger partial charge in [0.25, 0.3) is 11.5 Å². The Morgan fingerprint density at radius 1 is 1.38 bits per heavy atom. The topological polar surface area (TPSA) is 139 Å². The van der Waals surface area contributed by atoms with E-state index in [1.165, 1.54) is 23.3 Å². The molecule has 0 aliphatic heterocycles. The quantitative estimate of drug-likeness (QED) is 0.317. The minimum Gasteiger partial charge on any atom is -0.396 e. The summed E-state index contributed by atoms with van der Waals surface area (Å²) in [6, 6.07) is 4.90. The van der Waals surface area contributed by atoms with Gasteiger partial charge in [0.15, 0.2) is 14.6 Å². The molecule has 1 saturated carbocycles. The van der Waals surface area contributed by atoms with Crippen molar-refractivity contribution >= 4 is 26.6 Å². The van der Waals surface area contributed by atoms with Crippen LogP contribution in [0.4, 0.5) is 0 Å². The van der Waals surface area contributed by atoms with Gasteiger partial charge in [-0.05, 0) is 55.7 Å². The lowest BCUT2D eigenvalue weighted by Crippen LogP contribution is -2.50. The molecule has 1 aromatic heterocycles. The number of carbonyl (C=O) groups is 1. The van der Waals surface area contributed by atoms with Gasteiger partial charge in [-0.25, -0.2) is 18.9 Å². The third-order valence-electron chi connectivity index (χ3n) is 5.74. The summed E-state index contributed by atoms with van der Waals surface area (Å²) in [6.07, 6.45) is 2.84. The molecule has 0 spiro atoms. The number of benzene rings is 1. The first kappa shape index (κ1) is 23.5.